The van der Waals surface area contributed by atoms with E-state index in [1.165, 1.54) is 0 Å². The Kier molecular flexibility index (Phi) is 3.13. The van der Waals surface area contributed by atoms with Gasteiger partial charge in [0.25, 0.3) is 0 Å². The standard InChI is InChI=1S/C6H12OS/c1-4-5-6(2,3)8-7/h5H,4H2,1-3H3/q+1. The Balaban J connectivity index is 3.53. The monoisotopic (exact) mass is 132 g/mol. The molecular weight excluding hydrogens is 120 g/mol. The Morgan fingerprint density at radius 2 is 2.12 bits per heavy atom. The molecule has 0 unspecified atom stereocenters. The van der Waals surface area contributed by atoms with Crippen molar-refractivity contribution >= 4 is 11.7 Å². The van der Waals surface area contributed by atoms with Crippen molar-refractivity contribution in [3.8, 4) is 0 Å². The molecule has 0 bridgehead atoms. The van der Waals surface area contributed by atoms with Crippen molar-refractivity contribution in [1.82, 2.24) is 0 Å². The zero-order chi connectivity index (χ0) is 6.62. The van der Waals surface area contributed by atoms with Gasteiger partial charge in [0.1, 0.15) is 0 Å². The van der Waals surface area contributed by atoms with E-state index in [1.54, 1.807) is 0 Å². The molecule has 0 N–H and O–H groups in total. The summed E-state index contributed by atoms with van der Waals surface area (Å²) in [6.45, 7) is 5.89. The third-order valence-electron chi connectivity index (χ3n) is 0.910. The minimum absolute atomic E-state index is 0.172. The molecule has 1 radical (unpaired) electrons. The highest BCUT2D eigenvalue weighted by atomic mass is 32.1. The van der Waals surface area contributed by atoms with E-state index in [9.17, 15) is 4.21 Å². The summed E-state index contributed by atoms with van der Waals surface area (Å²) >= 11 is 0.646. The summed E-state index contributed by atoms with van der Waals surface area (Å²) in [5, 5.41) is 0. The lowest BCUT2D eigenvalue weighted by atomic mass is 10.1. The highest BCUT2D eigenvalue weighted by Gasteiger charge is 2.31. The first-order chi connectivity index (χ1) is 3.62. The average Bonchev–Trinajstić information content (AvgIpc) is 1.67. The van der Waals surface area contributed by atoms with Crippen LogP contribution in [0.25, 0.3) is 0 Å². The van der Waals surface area contributed by atoms with Crippen molar-refractivity contribution in [2.45, 2.75) is 31.9 Å². The number of hydrogen-bond donors (Lipinski definition) is 0. The van der Waals surface area contributed by atoms with Crippen LogP contribution in [-0.2, 0) is 15.9 Å². The highest BCUT2D eigenvalue weighted by molar-refractivity contribution is 7.67. The maximum absolute atomic E-state index is 10.2. The molecule has 8 heavy (non-hydrogen) atoms. The summed E-state index contributed by atoms with van der Waals surface area (Å²) in [5.41, 5.74) is 0. The third kappa shape index (κ3) is 3.08. The van der Waals surface area contributed by atoms with Gasteiger partial charge in [-0.2, -0.15) is 0 Å². The summed E-state index contributed by atoms with van der Waals surface area (Å²) in [4.78, 5) is 0. The summed E-state index contributed by atoms with van der Waals surface area (Å²) in [6.07, 6.45) is 2.99. The van der Waals surface area contributed by atoms with Crippen LogP contribution >= 0.6 is 0 Å². The Labute approximate surface area is 55.0 Å². The fourth-order valence-corrected chi connectivity index (χ4v) is 0.760. The Bertz CT molecular complexity index is 78.6. The molecule has 0 aliphatic carbocycles. The van der Waals surface area contributed by atoms with Crippen LogP contribution in [-0.4, -0.2) is 4.75 Å². The van der Waals surface area contributed by atoms with Crippen LogP contribution in [0.3, 0.4) is 0 Å². The molecule has 47 valence electrons. The van der Waals surface area contributed by atoms with Gasteiger partial charge in [0.2, 0.25) is 4.75 Å². The zero-order valence-corrected chi connectivity index (χ0v) is 6.42. The lowest BCUT2D eigenvalue weighted by Gasteiger charge is -1.98. The predicted molar refractivity (Wildman–Crippen MR) is 36.7 cm³/mol. The molecule has 1 nitrogen and oxygen atoms in total. The van der Waals surface area contributed by atoms with E-state index >= 15 is 0 Å². The van der Waals surface area contributed by atoms with Crippen molar-refractivity contribution in [1.29, 1.82) is 0 Å². The second kappa shape index (κ2) is 3.13. The molecule has 0 aliphatic heterocycles. The maximum Gasteiger partial charge on any atom is 0.465 e. The van der Waals surface area contributed by atoms with Crippen LogP contribution in [0.5, 0.6) is 0 Å². The van der Waals surface area contributed by atoms with E-state index in [-0.39, 0.29) is 4.75 Å². The van der Waals surface area contributed by atoms with Crippen molar-refractivity contribution in [3.05, 3.63) is 6.42 Å². The van der Waals surface area contributed by atoms with Crippen molar-refractivity contribution < 1.29 is 4.21 Å². The van der Waals surface area contributed by atoms with Gasteiger partial charge in [0.15, 0.2) is 0 Å². The van der Waals surface area contributed by atoms with Crippen molar-refractivity contribution in [2.75, 3.05) is 0 Å². The Hall–Kier alpha value is 0.0200. The molecule has 0 aliphatic rings. The third-order valence-corrected chi connectivity index (χ3v) is 1.51. The lowest BCUT2D eigenvalue weighted by molar-refractivity contribution is 0.588. The molecule has 0 amide bonds. The van der Waals surface area contributed by atoms with Crippen molar-refractivity contribution in [2.24, 2.45) is 0 Å². The molecule has 0 atom stereocenters. The van der Waals surface area contributed by atoms with Crippen LogP contribution in [0.1, 0.15) is 27.2 Å². The Morgan fingerprint density at radius 3 is 2.25 bits per heavy atom. The number of rotatable bonds is 3. The van der Waals surface area contributed by atoms with Gasteiger partial charge in [-0.1, -0.05) is 6.92 Å². The summed E-state index contributed by atoms with van der Waals surface area (Å²) in [7, 11) is 0. The molecule has 0 spiro atoms. The first kappa shape index (κ1) is 8.02. The summed E-state index contributed by atoms with van der Waals surface area (Å²) < 4.78 is 10.1. The fraction of sp³-hybridized carbons (Fsp3) is 0.833. The summed E-state index contributed by atoms with van der Waals surface area (Å²) in [6, 6.07) is 0. The lowest BCUT2D eigenvalue weighted by Crippen LogP contribution is -2.17. The largest absolute Gasteiger partial charge is 0.465 e. The molecule has 2 heteroatoms. The number of hydrogen-bond acceptors (Lipinski definition) is 1. The Morgan fingerprint density at radius 1 is 1.62 bits per heavy atom. The first-order valence-corrected chi connectivity index (χ1v) is 3.52. The fourth-order valence-electron chi connectivity index (χ4n) is 0.526. The first-order valence-electron chi connectivity index (χ1n) is 2.77. The summed E-state index contributed by atoms with van der Waals surface area (Å²) in [5.74, 6) is 0. The molecule has 0 saturated carbocycles. The second-order valence-corrected chi connectivity index (χ2v) is 3.52. The van der Waals surface area contributed by atoms with Gasteiger partial charge in [-0.05, 0) is 6.42 Å². The van der Waals surface area contributed by atoms with Gasteiger partial charge < -0.3 is 0 Å². The molecular formula is C6H12OS+. The molecule has 0 saturated heterocycles. The van der Waals surface area contributed by atoms with Crippen LogP contribution in [0, 0.1) is 6.42 Å². The van der Waals surface area contributed by atoms with E-state index in [0.717, 1.165) is 6.42 Å². The van der Waals surface area contributed by atoms with Gasteiger partial charge in [0, 0.05) is 24.5 Å². The van der Waals surface area contributed by atoms with E-state index < -0.39 is 0 Å². The normalized spacial score (nSPS) is 11.4. The van der Waals surface area contributed by atoms with E-state index in [4.69, 9.17) is 0 Å². The quantitative estimate of drug-likeness (QED) is 0.535. The minimum atomic E-state index is -0.172. The topological polar surface area (TPSA) is 17.1 Å². The maximum atomic E-state index is 10.2. The molecule has 0 aromatic rings. The smallest absolute Gasteiger partial charge is 0.0649 e. The minimum Gasteiger partial charge on any atom is -0.0649 e. The van der Waals surface area contributed by atoms with Crippen LogP contribution < -0.4 is 0 Å². The van der Waals surface area contributed by atoms with Gasteiger partial charge in [0.05, 0.1) is 0 Å². The molecule has 0 fully saturated rings. The van der Waals surface area contributed by atoms with E-state index in [0.29, 0.717) is 11.7 Å². The van der Waals surface area contributed by atoms with Crippen molar-refractivity contribution in [3.63, 3.8) is 0 Å². The van der Waals surface area contributed by atoms with Gasteiger partial charge in [-0.3, -0.25) is 0 Å². The van der Waals surface area contributed by atoms with Gasteiger partial charge in [-0.15, -0.1) is 0 Å². The zero-order valence-electron chi connectivity index (χ0n) is 5.60. The highest BCUT2D eigenvalue weighted by Crippen LogP contribution is 2.10. The molecule has 0 heterocycles. The molecule has 0 rings (SSSR count). The average molecular weight is 132 g/mol. The van der Waals surface area contributed by atoms with Crippen LogP contribution in [0.2, 0.25) is 0 Å². The molecule has 0 aromatic carbocycles. The van der Waals surface area contributed by atoms with E-state index in [1.807, 2.05) is 27.2 Å². The van der Waals surface area contributed by atoms with Crippen LogP contribution in [0.15, 0.2) is 0 Å². The van der Waals surface area contributed by atoms with Gasteiger partial charge >= 0.3 is 11.7 Å². The predicted octanol–water partition coefficient (Wildman–Crippen LogP) is 1.81. The SMILES string of the molecule is CC[CH]C(C)(C)[S+]=O. The second-order valence-electron chi connectivity index (χ2n) is 2.30. The van der Waals surface area contributed by atoms with Gasteiger partial charge in [-0.25, -0.2) is 0 Å². The van der Waals surface area contributed by atoms with E-state index in [2.05, 4.69) is 0 Å². The van der Waals surface area contributed by atoms with Crippen LogP contribution in [0.4, 0.5) is 0 Å². The molecule has 0 aromatic heterocycles.